The van der Waals surface area contributed by atoms with Crippen molar-refractivity contribution >= 4 is 31.9 Å². The molecule has 0 aromatic heterocycles. The summed E-state index contributed by atoms with van der Waals surface area (Å²) in [7, 11) is 0. The minimum Gasteiger partial charge on any atom is -0.396 e. The summed E-state index contributed by atoms with van der Waals surface area (Å²) in [5.41, 5.74) is 0. The van der Waals surface area contributed by atoms with E-state index in [1.807, 2.05) is 0 Å². The van der Waals surface area contributed by atoms with Gasteiger partial charge in [0.05, 0.1) is 0 Å². The highest BCUT2D eigenvalue weighted by Crippen LogP contribution is 2.24. The largest absolute Gasteiger partial charge is 0.396 e. The first-order valence-corrected chi connectivity index (χ1v) is 6.48. The first-order chi connectivity index (χ1) is 5.63. The summed E-state index contributed by atoms with van der Waals surface area (Å²) in [5, 5.41) is 10.0. The second-order valence-electron chi connectivity index (χ2n) is 3.41. The average molecular weight is 302 g/mol. The van der Waals surface area contributed by atoms with Crippen LogP contribution in [0.5, 0.6) is 0 Å². The fourth-order valence-corrected chi connectivity index (χ4v) is 1.98. The van der Waals surface area contributed by atoms with Crippen LogP contribution in [0.1, 0.15) is 26.7 Å². The lowest BCUT2D eigenvalue weighted by atomic mass is 9.94. The number of rotatable bonds is 6. The van der Waals surface area contributed by atoms with E-state index < -0.39 is 0 Å². The number of aliphatic hydroxyl groups is 1. The molecule has 0 saturated heterocycles. The van der Waals surface area contributed by atoms with E-state index in [1.165, 1.54) is 12.8 Å². The summed E-state index contributed by atoms with van der Waals surface area (Å²) in [5.74, 6) is 1.00. The van der Waals surface area contributed by atoms with Gasteiger partial charge >= 0.3 is 0 Å². The second-order valence-corrected chi connectivity index (χ2v) is 5.26. The Bertz CT molecular complexity index is 109. The van der Waals surface area contributed by atoms with Gasteiger partial charge in [-0.2, -0.15) is 0 Å². The molecule has 12 heavy (non-hydrogen) atoms. The molecule has 0 saturated carbocycles. The summed E-state index contributed by atoms with van der Waals surface area (Å²) < 4.78 is 0. The zero-order valence-electron chi connectivity index (χ0n) is 7.76. The lowest BCUT2D eigenvalue weighted by molar-refractivity contribution is 0.220. The molecule has 0 bridgehead atoms. The normalized spacial score (nSPS) is 18.8. The molecule has 0 aliphatic heterocycles. The lowest BCUT2D eigenvalue weighted by Gasteiger charge is -2.22. The van der Waals surface area contributed by atoms with Crippen LogP contribution >= 0.6 is 31.9 Å². The summed E-state index contributed by atoms with van der Waals surface area (Å²) in [6.45, 7) is 4.58. The SMILES string of the molecule is CC(CO)C(Br)C(C)CCCBr. The maximum absolute atomic E-state index is 8.94. The van der Waals surface area contributed by atoms with Gasteiger partial charge in [-0.15, -0.1) is 0 Å². The van der Waals surface area contributed by atoms with E-state index in [0.29, 0.717) is 16.7 Å². The van der Waals surface area contributed by atoms with Gasteiger partial charge in [0.15, 0.2) is 0 Å². The van der Waals surface area contributed by atoms with Crippen molar-refractivity contribution in [3.05, 3.63) is 0 Å². The molecular formula is C9H18Br2O. The fourth-order valence-electron chi connectivity index (χ4n) is 1.22. The minimum atomic E-state index is 0.272. The molecule has 3 heteroatoms. The summed E-state index contributed by atoms with van der Waals surface area (Å²) in [6.07, 6.45) is 2.42. The zero-order chi connectivity index (χ0) is 9.56. The third kappa shape index (κ3) is 4.83. The van der Waals surface area contributed by atoms with Crippen molar-refractivity contribution in [3.63, 3.8) is 0 Å². The Morgan fingerprint density at radius 1 is 1.25 bits per heavy atom. The van der Waals surface area contributed by atoms with Gasteiger partial charge in [0.1, 0.15) is 0 Å². The van der Waals surface area contributed by atoms with Gasteiger partial charge in [0.2, 0.25) is 0 Å². The number of alkyl halides is 2. The molecule has 74 valence electrons. The molecule has 3 atom stereocenters. The van der Waals surface area contributed by atoms with Gasteiger partial charge < -0.3 is 5.11 Å². The van der Waals surface area contributed by atoms with Crippen molar-refractivity contribution in [2.45, 2.75) is 31.5 Å². The molecule has 0 aromatic carbocycles. The highest BCUT2D eigenvalue weighted by Gasteiger charge is 2.19. The second kappa shape index (κ2) is 7.34. The summed E-state index contributed by atoms with van der Waals surface area (Å²) >= 11 is 7.04. The molecule has 0 aromatic rings. The van der Waals surface area contributed by atoms with Crippen LogP contribution < -0.4 is 0 Å². The van der Waals surface area contributed by atoms with E-state index in [0.717, 1.165) is 5.33 Å². The van der Waals surface area contributed by atoms with Gasteiger partial charge in [-0.1, -0.05) is 45.7 Å². The highest BCUT2D eigenvalue weighted by molar-refractivity contribution is 9.09. The van der Waals surface area contributed by atoms with Crippen molar-refractivity contribution in [1.82, 2.24) is 0 Å². The topological polar surface area (TPSA) is 20.2 Å². The Balaban J connectivity index is 3.67. The van der Waals surface area contributed by atoms with Crippen LogP contribution in [0.4, 0.5) is 0 Å². The van der Waals surface area contributed by atoms with Crippen molar-refractivity contribution in [3.8, 4) is 0 Å². The Morgan fingerprint density at radius 2 is 1.83 bits per heavy atom. The van der Waals surface area contributed by atoms with Crippen LogP contribution in [0, 0.1) is 11.8 Å². The average Bonchev–Trinajstić information content (AvgIpc) is 2.11. The predicted molar refractivity (Wildman–Crippen MR) is 61.2 cm³/mol. The van der Waals surface area contributed by atoms with E-state index >= 15 is 0 Å². The predicted octanol–water partition coefficient (Wildman–Crippen LogP) is 3.19. The third-order valence-electron chi connectivity index (χ3n) is 2.17. The molecule has 0 heterocycles. The maximum atomic E-state index is 8.94. The van der Waals surface area contributed by atoms with Gasteiger partial charge in [-0.05, 0) is 24.7 Å². The molecule has 0 aliphatic carbocycles. The van der Waals surface area contributed by atoms with Gasteiger partial charge in [0, 0.05) is 16.8 Å². The minimum absolute atomic E-state index is 0.272. The maximum Gasteiger partial charge on any atom is 0.0467 e. The first kappa shape index (κ1) is 12.9. The molecular weight excluding hydrogens is 284 g/mol. The van der Waals surface area contributed by atoms with E-state index in [4.69, 9.17) is 5.11 Å². The van der Waals surface area contributed by atoms with Crippen LogP contribution in [-0.2, 0) is 0 Å². The summed E-state index contributed by atoms with van der Waals surface area (Å²) in [6, 6.07) is 0. The van der Waals surface area contributed by atoms with Crippen LogP contribution in [0.3, 0.4) is 0 Å². The lowest BCUT2D eigenvalue weighted by Crippen LogP contribution is -2.22. The Morgan fingerprint density at radius 3 is 2.25 bits per heavy atom. The highest BCUT2D eigenvalue weighted by atomic mass is 79.9. The number of halogens is 2. The first-order valence-electron chi connectivity index (χ1n) is 4.44. The standard InChI is InChI=1S/C9H18Br2O/c1-7(4-3-5-10)9(11)8(2)6-12/h7-9,12H,3-6H2,1-2H3. The number of hydrogen-bond acceptors (Lipinski definition) is 1. The molecule has 0 radical (unpaired) electrons. The molecule has 0 amide bonds. The Labute approximate surface area is 92.2 Å². The van der Waals surface area contributed by atoms with Crippen molar-refractivity contribution in [2.24, 2.45) is 11.8 Å². The quantitative estimate of drug-likeness (QED) is 0.747. The summed E-state index contributed by atoms with van der Waals surface area (Å²) in [4.78, 5) is 0.446. The Kier molecular flexibility index (Phi) is 7.90. The van der Waals surface area contributed by atoms with E-state index in [-0.39, 0.29) is 6.61 Å². The van der Waals surface area contributed by atoms with Crippen LogP contribution in [0.25, 0.3) is 0 Å². The molecule has 3 unspecified atom stereocenters. The van der Waals surface area contributed by atoms with Crippen molar-refractivity contribution < 1.29 is 5.11 Å². The van der Waals surface area contributed by atoms with E-state index in [1.54, 1.807) is 0 Å². The molecule has 1 nitrogen and oxygen atoms in total. The number of aliphatic hydroxyl groups excluding tert-OH is 1. The van der Waals surface area contributed by atoms with E-state index in [2.05, 4.69) is 45.7 Å². The third-order valence-corrected chi connectivity index (χ3v) is 4.53. The number of hydrogen-bond donors (Lipinski definition) is 1. The smallest absolute Gasteiger partial charge is 0.0467 e. The van der Waals surface area contributed by atoms with Crippen LogP contribution in [0.2, 0.25) is 0 Å². The Hall–Kier alpha value is 0.920. The van der Waals surface area contributed by atoms with Crippen LogP contribution in [-0.4, -0.2) is 21.9 Å². The van der Waals surface area contributed by atoms with Crippen molar-refractivity contribution in [1.29, 1.82) is 0 Å². The molecule has 0 spiro atoms. The zero-order valence-corrected chi connectivity index (χ0v) is 10.9. The van der Waals surface area contributed by atoms with Gasteiger partial charge in [0.25, 0.3) is 0 Å². The molecule has 0 aliphatic rings. The molecule has 0 rings (SSSR count). The van der Waals surface area contributed by atoms with Crippen molar-refractivity contribution in [2.75, 3.05) is 11.9 Å². The van der Waals surface area contributed by atoms with Crippen LogP contribution in [0.15, 0.2) is 0 Å². The van der Waals surface area contributed by atoms with E-state index in [9.17, 15) is 0 Å². The monoisotopic (exact) mass is 300 g/mol. The van der Waals surface area contributed by atoms with Gasteiger partial charge in [-0.25, -0.2) is 0 Å². The van der Waals surface area contributed by atoms with Gasteiger partial charge in [-0.3, -0.25) is 0 Å². The molecule has 0 fully saturated rings. The molecule has 1 N–H and O–H groups in total. The fraction of sp³-hybridized carbons (Fsp3) is 1.00.